The van der Waals surface area contributed by atoms with Gasteiger partial charge in [-0.25, -0.2) is 9.59 Å². The molecule has 0 heterocycles. The molecule has 100 valence electrons. The Morgan fingerprint density at radius 3 is 2.35 bits per heavy atom. The number of hydrogen-bond acceptors (Lipinski definition) is 5. The number of amides is 1. The van der Waals surface area contributed by atoms with Crippen LogP contribution >= 0.6 is 0 Å². The Bertz CT molecular complexity index is 244. The third kappa shape index (κ3) is 6.11. The van der Waals surface area contributed by atoms with E-state index in [1.165, 1.54) is 19.1 Å². The summed E-state index contributed by atoms with van der Waals surface area (Å²) < 4.78 is 14.6. The predicted molar refractivity (Wildman–Crippen MR) is 61.7 cm³/mol. The average molecular weight is 247 g/mol. The van der Waals surface area contributed by atoms with Crippen LogP contribution < -0.4 is 0 Å². The van der Waals surface area contributed by atoms with Crippen LogP contribution in [0, 0.1) is 0 Å². The lowest BCUT2D eigenvalue weighted by molar-refractivity contribution is -0.148. The molecule has 0 aromatic rings. The first-order chi connectivity index (χ1) is 8.04. The maximum atomic E-state index is 11.5. The molecule has 6 nitrogen and oxygen atoms in total. The number of methoxy groups -OCH3 is 1. The lowest BCUT2D eigenvalue weighted by Crippen LogP contribution is -2.41. The van der Waals surface area contributed by atoms with E-state index in [9.17, 15) is 9.59 Å². The van der Waals surface area contributed by atoms with Crippen molar-refractivity contribution < 1.29 is 23.8 Å². The fourth-order valence-corrected chi connectivity index (χ4v) is 0.954. The molecule has 1 atom stereocenters. The van der Waals surface area contributed by atoms with E-state index in [-0.39, 0.29) is 6.61 Å². The molecule has 0 N–H and O–H groups in total. The summed E-state index contributed by atoms with van der Waals surface area (Å²) in [6, 6.07) is -0.656. The monoisotopic (exact) mass is 247 g/mol. The zero-order chi connectivity index (χ0) is 13.3. The zero-order valence-electron chi connectivity index (χ0n) is 10.9. The highest BCUT2D eigenvalue weighted by molar-refractivity contribution is 5.80. The molecule has 6 heteroatoms. The molecule has 0 aromatic heterocycles. The first-order valence-electron chi connectivity index (χ1n) is 5.59. The molecule has 1 amide bonds. The van der Waals surface area contributed by atoms with Gasteiger partial charge in [0.25, 0.3) is 0 Å². The summed E-state index contributed by atoms with van der Waals surface area (Å²) >= 11 is 0. The van der Waals surface area contributed by atoms with Crippen molar-refractivity contribution in [1.82, 2.24) is 4.90 Å². The van der Waals surface area contributed by atoms with Crippen LogP contribution in [-0.2, 0) is 19.0 Å². The second-order valence-electron chi connectivity index (χ2n) is 3.56. The minimum atomic E-state index is -0.656. The van der Waals surface area contributed by atoms with E-state index in [0.717, 1.165) is 6.42 Å². The van der Waals surface area contributed by atoms with Gasteiger partial charge in [0, 0.05) is 14.2 Å². The standard InChI is InChI=1S/C11H21NO5/c1-5-6-16-10(13)9(2)12(3)11(14)17-8-7-15-4/h9H,5-8H2,1-4H3. The molecule has 0 radical (unpaired) electrons. The summed E-state index contributed by atoms with van der Waals surface area (Å²) in [6.07, 6.45) is 0.184. The minimum Gasteiger partial charge on any atom is -0.464 e. The van der Waals surface area contributed by atoms with Crippen LogP contribution in [0.4, 0.5) is 4.79 Å². The third-order valence-electron chi connectivity index (χ3n) is 2.17. The van der Waals surface area contributed by atoms with Crippen molar-refractivity contribution in [2.24, 2.45) is 0 Å². The van der Waals surface area contributed by atoms with E-state index in [1.807, 2.05) is 6.92 Å². The van der Waals surface area contributed by atoms with Gasteiger partial charge in [0.1, 0.15) is 12.6 Å². The summed E-state index contributed by atoms with van der Waals surface area (Å²) in [5.41, 5.74) is 0. The number of ether oxygens (including phenoxy) is 3. The summed E-state index contributed by atoms with van der Waals surface area (Å²) in [5.74, 6) is -0.432. The van der Waals surface area contributed by atoms with E-state index in [4.69, 9.17) is 14.2 Å². The molecule has 0 aliphatic heterocycles. The average Bonchev–Trinajstić information content (AvgIpc) is 2.34. The number of rotatable bonds is 7. The molecule has 0 bridgehead atoms. The van der Waals surface area contributed by atoms with Gasteiger partial charge in [-0.1, -0.05) is 6.92 Å². The van der Waals surface area contributed by atoms with Crippen molar-refractivity contribution in [2.45, 2.75) is 26.3 Å². The summed E-state index contributed by atoms with van der Waals surface area (Å²) in [7, 11) is 3.01. The quantitative estimate of drug-likeness (QED) is 0.497. The van der Waals surface area contributed by atoms with E-state index in [2.05, 4.69) is 0 Å². The number of esters is 1. The predicted octanol–water partition coefficient (Wildman–Crippen LogP) is 1.04. The highest BCUT2D eigenvalue weighted by atomic mass is 16.6. The molecule has 0 aromatic carbocycles. The third-order valence-corrected chi connectivity index (χ3v) is 2.17. The maximum absolute atomic E-state index is 11.5. The van der Waals surface area contributed by atoms with Gasteiger partial charge in [0.05, 0.1) is 13.2 Å². The largest absolute Gasteiger partial charge is 0.464 e. The van der Waals surface area contributed by atoms with E-state index in [1.54, 1.807) is 6.92 Å². The van der Waals surface area contributed by atoms with Crippen molar-refractivity contribution in [3.63, 3.8) is 0 Å². The van der Waals surface area contributed by atoms with Crippen molar-refractivity contribution >= 4 is 12.1 Å². The van der Waals surface area contributed by atoms with Gasteiger partial charge in [0.15, 0.2) is 0 Å². The van der Waals surface area contributed by atoms with Gasteiger partial charge in [-0.3, -0.25) is 4.90 Å². The van der Waals surface area contributed by atoms with Crippen LogP contribution in [0.3, 0.4) is 0 Å². The molecule has 0 aliphatic carbocycles. The lowest BCUT2D eigenvalue weighted by atomic mass is 10.3. The number of nitrogens with zero attached hydrogens (tertiary/aromatic N) is 1. The van der Waals surface area contributed by atoms with Gasteiger partial charge in [0.2, 0.25) is 0 Å². The molecular weight excluding hydrogens is 226 g/mol. The first kappa shape index (κ1) is 15.7. The molecule has 0 saturated carbocycles. The van der Waals surface area contributed by atoms with Crippen LogP contribution in [0.2, 0.25) is 0 Å². The summed E-state index contributed by atoms with van der Waals surface area (Å²) in [6.45, 7) is 4.34. The SMILES string of the molecule is CCCOC(=O)C(C)N(C)C(=O)OCCOC. The Labute approximate surface area is 102 Å². The van der Waals surface area contributed by atoms with Crippen molar-refractivity contribution in [1.29, 1.82) is 0 Å². The minimum absolute atomic E-state index is 0.163. The molecule has 0 fully saturated rings. The van der Waals surface area contributed by atoms with Gasteiger partial charge >= 0.3 is 12.1 Å². The van der Waals surface area contributed by atoms with Crippen LogP contribution in [-0.4, -0.2) is 57.0 Å². The second kappa shape index (κ2) is 8.81. The van der Waals surface area contributed by atoms with Crippen molar-refractivity contribution in [3.8, 4) is 0 Å². The number of likely N-dealkylation sites (N-methyl/N-ethyl adjacent to an activating group) is 1. The van der Waals surface area contributed by atoms with Crippen LogP contribution in [0.15, 0.2) is 0 Å². The Morgan fingerprint density at radius 2 is 1.82 bits per heavy atom. The summed E-state index contributed by atoms with van der Waals surface area (Å²) in [5, 5.41) is 0. The summed E-state index contributed by atoms with van der Waals surface area (Å²) in [4.78, 5) is 24.2. The first-order valence-corrected chi connectivity index (χ1v) is 5.59. The van der Waals surface area contributed by atoms with Gasteiger partial charge < -0.3 is 14.2 Å². The van der Waals surface area contributed by atoms with E-state index in [0.29, 0.717) is 13.2 Å². The Hall–Kier alpha value is -1.30. The number of carbonyl (C=O) groups is 2. The number of carbonyl (C=O) groups excluding carboxylic acids is 2. The molecule has 1 unspecified atom stereocenters. The molecular formula is C11H21NO5. The molecule has 17 heavy (non-hydrogen) atoms. The lowest BCUT2D eigenvalue weighted by Gasteiger charge is -2.22. The van der Waals surface area contributed by atoms with E-state index < -0.39 is 18.1 Å². The van der Waals surface area contributed by atoms with Crippen LogP contribution in [0.25, 0.3) is 0 Å². The van der Waals surface area contributed by atoms with Crippen LogP contribution in [0.5, 0.6) is 0 Å². The van der Waals surface area contributed by atoms with Crippen molar-refractivity contribution in [2.75, 3.05) is 34.0 Å². The topological polar surface area (TPSA) is 65.1 Å². The highest BCUT2D eigenvalue weighted by Crippen LogP contribution is 2.02. The second-order valence-corrected chi connectivity index (χ2v) is 3.56. The van der Waals surface area contributed by atoms with Crippen molar-refractivity contribution in [3.05, 3.63) is 0 Å². The molecule has 0 aliphatic rings. The Kier molecular flexibility index (Phi) is 8.13. The van der Waals surface area contributed by atoms with E-state index >= 15 is 0 Å². The Morgan fingerprint density at radius 1 is 1.18 bits per heavy atom. The molecule has 0 saturated heterocycles. The fraction of sp³-hybridized carbons (Fsp3) is 0.818. The fourth-order valence-electron chi connectivity index (χ4n) is 0.954. The maximum Gasteiger partial charge on any atom is 0.410 e. The number of hydrogen-bond donors (Lipinski definition) is 0. The normalized spacial score (nSPS) is 11.8. The smallest absolute Gasteiger partial charge is 0.410 e. The Balaban J connectivity index is 4.05. The van der Waals surface area contributed by atoms with Gasteiger partial charge in [-0.15, -0.1) is 0 Å². The molecule has 0 spiro atoms. The molecule has 0 rings (SSSR count). The highest BCUT2D eigenvalue weighted by Gasteiger charge is 2.24. The van der Waals surface area contributed by atoms with Crippen LogP contribution in [0.1, 0.15) is 20.3 Å². The van der Waals surface area contributed by atoms with Gasteiger partial charge in [-0.2, -0.15) is 0 Å². The van der Waals surface area contributed by atoms with Gasteiger partial charge in [-0.05, 0) is 13.3 Å². The zero-order valence-corrected chi connectivity index (χ0v) is 10.9.